The van der Waals surface area contributed by atoms with Gasteiger partial charge < -0.3 is 20.8 Å². The lowest BCUT2D eigenvalue weighted by Gasteiger charge is -2.08. The number of aliphatic hydroxyl groups is 1. The van der Waals surface area contributed by atoms with Crippen molar-refractivity contribution in [3.63, 3.8) is 0 Å². The van der Waals surface area contributed by atoms with Crippen LogP contribution in [0.4, 0.5) is 17.2 Å². The van der Waals surface area contributed by atoms with Crippen molar-refractivity contribution in [2.45, 2.75) is 0 Å². The average Bonchev–Trinajstić information content (AvgIpc) is 2.40. The summed E-state index contributed by atoms with van der Waals surface area (Å²) >= 11 is 0. The molecule has 18 heavy (non-hydrogen) atoms. The van der Waals surface area contributed by atoms with Gasteiger partial charge in [-0.15, -0.1) is 0 Å². The minimum absolute atomic E-state index is 0.0668. The van der Waals surface area contributed by atoms with Crippen LogP contribution in [-0.4, -0.2) is 28.3 Å². The molecule has 4 N–H and O–H groups in total. The van der Waals surface area contributed by atoms with Crippen molar-refractivity contribution in [1.82, 2.24) is 4.98 Å². The molecule has 0 amide bonds. The van der Waals surface area contributed by atoms with E-state index in [2.05, 4.69) is 15.6 Å². The van der Waals surface area contributed by atoms with E-state index in [1.54, 1.807) is 30.5 Å². The maximum absolute atomic E-state index is 9.19. The fourth-order valence-corrected chi connectivity index (χ4v) is 1.50. The monoisotopic (exact) mass is 245 g/mol. The van der Waals surface area contributed by atoms with Gasteiger partial charge in [0.2, 0.25) is 0 Å². The molecular formula is C13H15N3O2. The second-order valence-electron chi connectivity index (χ2n) is 3.75. The number of nitrogens with one attached hydrogen (secondary N) is 2. The fourth-order valence-electron chi connectivity index (χ4n) is 1.50. The fraction of sp³-hybridized carbons (Fsp3) is 0.154. The summed E-state index contributed by atoms with van der Waals surface area (Å²) in [5.74, 6) is 0.938. The molecule has 0 radical (unpaired) electrons. The molecule has 0 bridgehead atoms. The van der Waals surface area contributed by atoms with Gasteiger partial charge in [0.15, 0.2) is 0 Å². The highest BCUT2D eigenvalue weighted by Gasteiger charge is 1.98. The first kappa shape index (κ1) is 12.2. The number of hydrogen-bond acceptors (Lipinski definition) is 5. The number of aromatic hydroxyl groups is 1. The normalized spacial score (nSPS) is 10.1. The number of anilines is 3. The van der Waals surface area contributed by atoms with Crippen LogP contribution in [0.25, 0.3) is 0 Å². The first-order valence-corrected chi connectivity index (χ1v) is 5.65. The number of rotatable bonds is 5. The lowest BCUT2D eigenvalue weighted by molar-refractivity contribution is 0.311. The summed E-state index contributed by atoms with van der Waals surface area (Å²) in [6.07, 6.45) is 1.68. The first-order valence-electron chi connectivity index (χ1n) is 5.65. The Hall–Kier alpha value is -2.27. The number of aromatic nitrogens is 1. The maximum atomic E-state index is 9.19. The summed E-state index contributed by atoms with van der Waals surface area (Å²) in [7, 11) is 0. The molecule has 0 aliphatic carbocycles. The highest BCUT2D eigenvalue weighted by Crippen LogP contribution is 2.20. The molecule has 0 saturated heterocycles. The number of benzene rings is 1. The van der Waals surface area contributed by atoms with Gasteiger partial charge in [0.05, 0.1) is 6.61 Å². The predicted molar refractivity (Wildman–Crippen MR) is 71.2 cm³/mol. The first-order chi connectivity index (χ1) is 8.78. The molecule has 1 aromatic heterocycles. The van der Waals surface area contributed by atoms with Crippen molar-refractivity contribution in [2.75, 3.05) is 23.8 Å². The highest BCUT2D eigenvalue weighted by molar-refractivity contribution is 5.62. The third-order valence-corrected chi connectivity index (χ3v) is 2.33. The van der Waals surface area contributed by atoms with Gasteiger partial charge in [-0.05, 0) is 30.3 Å². The number of phenols is 1. The number of hydrogen-bond donors (Lipinski definition) is 4. The third kappa shape index (κ3) is 3.36. The Balaban J connectivity index is 2.06. The summed E-state index contributed by atoms with van der Waals surface area (Å²) in [5.41, 5.74) is 1.77. The molecule has 0 aliphatic rings. The van der Waals surface area contributed by atoms with E-state index in [1.807, 2.05) is 12.1 Å². The average molecular weight is 245 g/mol. The number of aliphatic hydroxyl groups excluding tert-OH is 1. The number of pyridine rings is 1. The minimum atomic E-state index is 0.0668. The number of phenolic OH excluding ortho intramolecular Hbond substituents is 1. The van der Waals surface area contributed by atoms with Crippen molar-refractivity contribution >= 4 is 17.2 Å². The van der Waals surface area contributed by atoms with Crippen molar-refractivity contribution in [3.05, 3.63) is 42.6 Å². The highest BCUT2D eigenvalue weighted by atomic mass is 16.3. The zero-order valence-corrected chi connectivity index (χ0v) is 9.80. The van der Waals surface area contributed by atoms with Gasteiger partial charge in [0.25, 0.3) is 0 Å². The summed E-state index contributed by atoms with van der Waals surface area (Å²) in [6.45, 7) is 0.535. The van der Waals surface area contributed by atoms with E-state index >= 15 is 0 Å². The second-order valence-corrected chi connectivity index (χ2v) is 3.75. The summed E-state index contributed by atoms with van der Waals surface area (Å²) in [4.78, 5) is 4.13. The van der Waals surface area contributed by atoms with Gasteiger partial charge in [-0.1, -0.05) is 0 Å². The largest absolute Gasteiger partial charge is 0.508 e. The molecule has 5 nitrogen and oxygen atoms in total. The molecule has 0 atom stereocenters. The van der Waals surface area contributed by atoms with Crippen molar-refractivity contribution in [1.29, 1.82) is 0 Å². The molecule has 2 rings (SSSR count). The van der Waals surface area contributed by atoms with Crippen LogP contribution >= 0.6 is 0 Å². The van der Waals surface area contributed by atoms with Crippen molar-refractivity contribution in [3.8, 4) is 5.75 Å². The summed E-state index contributed by atoms with van der Waals surface area (Å²) in [6, 6.07) is 10.5. The maximum Gasteiger partial charge on any atom is 0.128 e. The molecule has 5 heteroatoms. The molecule has 0 unspecified atom stereocenters. The summed E-state index contributed by atoms with van der Waals surface area (Å²) in [5, 5.41) is 24.1. The van der Waals surface area contributed by atoms with Gasteiger partial charge in [0.1, 0.15) is 11.6 Å². The number of nitrogens with zero attached hydrogens (tertiary/aromatic N) is 1. The molecule has 2 aromatic rings. The van der Waals surface area contributed by atoms with E-state index in [1.165, 1.54) is 0 Å². The SMILES string of the molecule is OCCNc1cc(Nc2ccc(O)cc2)ccn1. The second kappa shape index (κ2) is 5.88. The Bertz CT molecular complexity index is 500. The lowest BCUT2D eigenvalue weighted by atomic mass is 10.3. The molecule has 1 heterocycles. The predicted octanol–water partition coefficient (Wildman–Crippen LogP) is 1.93. The zero-order valence-electron chi connectivity index (χ0n) is 9.80. The Morgan fingerprint density at radius 2 is 1.83 bits per heavy atom. The van der Waals surface area contributed by atoms with Crippen LogP contribution in [0.3, 0.4) is 0 Å². The van der Waals surface area contributed by atoms with Gasteiger partial charge in [-0.3, -0.25) is 0 Å². The van der Waals surface area contributed by atoms with E-state index in [9.17, 15) is 5.11 Å². The molecule has 0 fully saturated rings. The molecule has 94 valence electrons. The topological polar surface area (TPSA) is 77.4 Å². The van der Waals surface area contributed by atoms with Crippen molar-refractivity contribution in [2.24, 2.45) is 0 Å². The Morgan fingerprint density at radius 1 is 1.06 bits per heavy atom. The van der Waals surface area contributed by atoms with Crippen LogP contribution < -0.4 is 10.6 Å². The van der Waals surface area contributed by atoms with Crippen LogP contribution in [0, 0.1) is 0 Å². The molecular weight excluding hydrogens is 230 g/mol. The van der Waals surface area contributed by atoms with Gasteiger partial charge in [-0.25, -0.2) is 4.98 Å². The smallest absolute Gasteiger partial charge is 0.128 e. The standard InChI is InChI=1S/C13H15N3O2/c17-8-7-15-13-9-11(5-6-14-13)16-10-1-3-12(18)4-2-10/h1-6,9,17-18H,7-8H2,(H2,14,15,16). The van der Waals surface area contributed by atoms with E-state index in [4.69, 9.17) is 5.11 Å². The molecule has 0 aliphatic heterocycles. The van der Waals surface area contributed by atoms with Crippen LogP contribution in [-0.2, 0) is 0 Å². The third-order valence-electron chi connectivity index (χ3n) is 2.33. The van der Waals surface area contributed by atoms with Gasteiger partial charge in [0, 0.05) is 30.2 Å². The Kier molecular flexibility index (Phi) is 3.98. The zero-order chi connectivity index (χ0) is 12.8. The minimum Gasteiger partial charge on any atom is -0.508 e. The van der Waals surface area contributed by atoms with E-state index < -0.39 is 0 Å². The van der Waals surface area contributed by atoms with Crippen LogP contribution in [0.1, 0.15) is 0 Å². The van der Waals surface area contributed by atoms with E-state index in [0.717, 1.165) is 11.4 Å². The van der Waals surface area contributed by atoms with Gasteiger partial charge in [-0.2, -0.15) is 0 Å². The molecule has 0 saturated carbocycles. The Labute approximate surface area is 105 Å². The lowest BCUT2D eigenvalue weighted by Crippen LogP contribution is -2.06. The van der Waals surface area contributed by atoms with Crippen LogP contribution in [0.5, 0.6) is 5.75 Å². The molecule has 1 aromatic carbocycles. The quantitative estimate of drug-likeness (QED) is 0.605. The van der Waals surface area contributed by atoms with E-state index in [0.29, 0.717) is 12.4 Å². The van der Waals surface area contributed by atoms with E-state index in [-0.39, 0.29) is 12.4 Å². The summed E-state index contributed by atoms with van der Waals surface area (Å²) < 4.78 is 0. The Morgan fingerprint density at radius 3 is 2.56 bits per heavy atom. The van der Waals surface area contributed by atoms with Crippen molar-refractivity contribution < 1.29 is 10.2 Å². The van der Waals surface area contributed by atoms with Crippen LogP contribution in [0.2, 0.25) is 0 Å². The van der Waals surface area contributed by atoms with Gasteiger partial charge >= 0.3 is 0 Å². The molecule has 0 spiro atoms. The van der Waals surface area contributed by atoms with Crippen LogP contribution in [0.15, 0.2) is 42.6 Å².